The molecule has 0 fully saturated rings. The maximum absolute atomic E-state index is 13.4. The van der Waals surface area contributed by atoms with Crippen LogP contribution in [-0.4, -0.2) is 57.6 Å². The van der Waals surface area contributed by atoms with E-state index in [1.165, 1.54) is 4.31 Å². The molecule has 8 nitrogen and oxygen atoms in total. The summed E-state index contributed by atoms with van der Waals surface area (Å²) < 4.78 is 31.5. The summed E-state index contributed by atoms with van der Waals surface area (Å²) in [4.78, 5) is 27.9. The number of nitrogens with one attached hydrogen (secondary N) is 1. The van der Waals surface area contributed by atoms with Gasteiger partial charge in [-0.25, -0.2) is 8.42 Å². The predicted octanol–water partition coefficient (Wildman–Crippen LogP) is 3.88. The van der Waals surface area contributed by atoms with Crippen molar-refractivity contribution in [3.63, 3.8) is 0 Å². The molecule has 2 aromatic rings. The van der Waals surface area contributed by atoms with E-state index in [1.54, 1.807) is 18.1 Å². The van der Waals surface area contributed by atoms with Crippen LogP contribution in [0.5, 0.6) is 5.75 Å². The number of amides is 2. The maximum Gasteiger partial charge on any atom is 0.242 e. The molecule has 198 valence electrons. The molecule has 1 N–H and O–H groups in total. The molecular formula is C27H39N3O5S. The lowest BCUT2D eigenvalue weighted by Crippen LogP contribution is -2.49. The standard InChI is InChI=1S/C27H39N3O5S/c1-6-17-28-27(32)25(7-2)29(20-22-13-15-24(35-4)16-14-22)26(31)12-9-18-30(36(5,33)34)23-11-8-10-21(3)19-23/h8,10-11,13-16,19,25H,6-7,9,12,17-18,20H2,1-5H3,(H,28,32). The van der Waals surface area contributed by atoms with Gasteiger partial charge in [-0.15, -0.1) is 0 Å². The Balaban J connectivity index is 2.20. The Labute approximate surface area is 215 Å². The summed E-state index contributed by atoms with van der Waals surface area (Å²) in [7, 11) is -1.93. The Morgan fingerprint density at radius 3 is 2.33 bits per heavy atom. The fraction of sp³-hybridized carbons (Fsp3) is 0.481. The zero-order chi connectivity index (χ0) is 26.7. The van der Waals surface area contributed by atoms with Gasteiger partial charge in [0.15, 0.2) is 0 Å². The van der Waals surface area contributed by atoms with Gasteiger partial charge in [0.05, 0.1) is 19.1 Å². The van der Waals surface area contributed by atoms with Crippen molar-refractivity contribution in [2.75, 3.05) is 30.8 Å². The zero-order valence-electron chi connectivity index (χ0n) is 22.0. The molecule has 2 amide bonds. The fourth-order valence-electron chi connectivity index (χ4n) is 4.00. The van der Waals surface area contributed by atoms with Gasteiger partial charge < -0.3 is 15.0 Å². The minimum absolute atomic E-state index is 0.117. The van der Waals surface area contributed by atoms with Crippen LogP contribution in [0.3, 0.4) is 0 Å². The van der Waals surface area contributed by atoms with Crippen LogP contribution in [0.2, 0.25) is 0 Å². The summed E-state index contributed by atoms with van der Waals surface area (Å²) in [5.41, 5.74) is 2.40. The minimum atomic E-state index is -3.52. The molecule has 9 heteroatoms. The summed E-state index contributed by atoms with van der Waals surface area (Å²) in [5, 5.41) is 2.90. The SMILES string of the molecule is CCCNC(=O)C(CC)N(Cc1ccc(OC)cc1)C(=O)CCCN(c1cccc(C)c1)S(C)(=O)=O. The number of hydrogen-bond donors (Lipinski definition) is 1. The number of nitrogens with zero attached hydrogens (tertiary/aromatic N) is 2. The molecule has 0 bridgehead atoms. The van der Waals surface area contributed by atoms with E-state index < -0.39 is 16.1 Å². The number of ether oxygens (including phenoxy) is 1. The molecule has 0 aromatic heterocycles. The average molecular weight is 518 g/mol. The Morgan fingerprint density at radius 1 is 1.08 bits per heavy atom. The Bertz CT molecular complexity index is 1100. The molecule has 2 aromatic carbocycles. The third kappa shape index (κ3) is 8.55. The Kier molecular flexibility index (Phi) is 11.2. The molecule has 2 rings (SSSR count). The first kappa shape index (κ1) is 29.2. The van der Waals surface area contributed by atoms with Gasteiger partial charge in [0.2, 0.25) is 21.8 Å². The molecule has 1 unspecified atom stereocenters. The highest BCUT2D eigenvalue weighted by Gasteiger charge is 2.28. The van der Waals surface area contributed by atoms with Crippen LogP contribution in [-0.2, 0) is 26.2 Å². The van der Waals surface area contributed by atoms with Gasteiger partial charge in [-0.1, -0.05) is 38.1 Å². The van der Waals surface area contributed by atoms with Gasteiger partial charge in [0.1, 0.15) is 11.8 Å². The first-order valence-corrected chi connectivity index (χ1v) is 14.2. The van der Waals surface area contributed by atoms with Crippen molar-refractivity contribution in [3.8, 4) is 5.75 Å². The summed E-state index contributed by atoms with van der Waals surface area (Å²) in [6.45, 7) is 6.74. The van der Waals surface area contributed by atoms with Crippen molar-refractivity contribution < 1.29 is 22.7 Å². The first-order chi connectivity index (χ1) is 17.1. The number of anilines is 1. The molecule has 36 heavy (non-hydrogen) atoms. The molecule has 0 aliphatic heterocycles. The van der Waals surface area contributed by atoms with E-state index in [1.807, 2.05) is 63.2 Å². The largest absolute Gasteiger partial charge is 0.497 e. The van der Waals surface area contributed by atoms with Crippen molar-refractivity contribution in [3.05, 3.63) is 59.7 Å². The molecular weight excluding hydrogens is 478 g/mol. The van der Waals surface area contributed by atoms with Gasteiger partial charge in [-0.05, 0) is 61.6 Å². The van der Waals surface area contributed by atoms with Crippen molar-refractivity contribution in [1.82, 2.24) is 10.2 Å². The van der Waals surface area contributed by atoms with E-state index in [0.29, 0.717) is 30.8 Å². The number of carbonyl (C=O) groups is 2. The van der Waals surface area contributed by atoms with Crippen LogP contribution in [0.15, 0.2) is 48.5 Å². The second-order valence-electron chi connectivity index (χ2n) is 8.86. The highest BCUT2D eigenvalue weighted by atomic mass is 32.2. The van der Waals surface area contributed by atoms with Crippen molar-refractivity contribution in [2.45, 2.75) is 59.0 Å². The van der Waals surface area contributed by atoms with Gasteiger partial charge in [0.25, 0.3) is 0 Å². The second-order valence-corrected chi connectivity index (χ2v) is 10.8. The van der Waals surface area contributed by atoms with Crippen LogP contribution in [0, 0.1) is 6.92 Å². The average Bonchev–Trinajstić information content (AvgIpc) is 2.84. The number of hydrogen-bond acceptors (Lipinski definition) is 5. The van der Waals surface area contributed by atoms with Crippen molar-refractivity contribution >= 4 is 27.5 Å². The second kappa shape index (κ2) is 13.9. The molecule has 0 heterocycles. The normalized spacial score (nSPS) is 12.0. The third-order valence-corrected chi connectivity index (χ3v) is 7.08. The molecule has 1 atom stereocenters. The van der Waals surface area contributed by atoms with E-state index in [4.69, 9.17) is 4.74 Å². The predicted molar refractivity (Wildman–Crippen MR) is 144 cm³/mol. The van der Waals surface area contributed by atoms with Crippen LogP contribution >= 0.6 is 0 Å². The molecule has 0 spiro atoms. The van der Waals surface area contributed by atoms with Gasteiger partial charge in [0, 0.05) is 26.1 Å². The quantitative estimate of drug-likeness (QED) is 0.410. The van der Waals surface area contributed by atoms with E-state index >= 15 is 0 Å². The van der Waals surface area contributed by atoms with Gasteiger partial charge in [-0.3, -0.25) is 13.9 Å². The van der Waals surface area contributed by atoms with E-state index in [2.05, 4.69) is 5.32 Å². The summed E-state index contributed by atoms with van der Waals surface area (Å²) >= 11 is 0. The summed E-state index contributed by atoms with van der Waals surface area (Å²) in [6.07, 6.45) is 2.88. The monoisotopic (exact) mass is 517 g/mol. The fourth-order valence-corrected chi connectivity index (χ4v) is 4.96. The number of benzene rings is 2. The topological polar surface area (TPSA) is 96.0 Å². The number of aryl methyl sites for hydroxylation is 1. The van der Waals surface area contributed by atoms with Gasteiger partial charge >= 0.3 is 0 Å². The molecule has 0 aliphatic carbocycles. The lowest BCUT2D eigenvalue weighted by atomic mass is 10.1. The summed E-state index contributed by atoms with van der Waals surface area (Å²) in [6, 6.07) is 14.0. The Hall–Kier alpha value is -3.07. The number of methoxy groups -OCH3 is 1. The van der Waals surface area contributed by atoms with Crippen LogP contribution in [0.4, 0.5) is 5.69 Å². The lowest BCUT2D eigenvalue weighted by molar-refractivity contribution is -0.141. The summed E-state index contributed by atoms with van der Waals surface area (Å²) in [5.74, 6) is 0.335. The molecule has 0 saturated carbocycles. The molecule has 0 radical (unpaired) electrons. The maximum atomic E-state index is 13.4. The van der Waals surface area contributed by atoms with E-state index in [-0.39, 0.29) is 31.3 Å². The minimum Gasteiger partial charge on any atom is -0.497 e. The number of carbonyl (C=O) groups excluding carboxylic acids is 2. The first-order valence-electron chi connectivity index (χ1n) is 12.3. The smallest absolute Gasteiger partial charge is 0.242 e. The number of sulfonamides is 1. The lowest BCUT2D eigenvalue weighted by Gasteiger charge is -2.31. The number of rotatable bonds is 14. The third-order valence-electron chi connectivity index (χ3n) is 5.89. The van der Waals surface area contributed by atoms with Gasteiger partial charge in [-0.2, -0.15) is 0 Å². The van der Waals surface area contributed by atoms with Crippen molar-refractivity contribution in [1.29, 1.82) is 0 Å². The van der Waals surface area contributed by atoms with Crippen LogP contribution in [0.25, 0.3) is 0 Å². The molecule has 0 aliphatic rings. The van der Waals surface area contributed by atoms with E-state index in [0.717, 1.165) is 23.8 Å². The highest BCUT2D eigenvalue weighted by molar-refractivity contribution is 7.92. The Morgan fingerprint density at radius 2 is 1.78 bits per heavy atom. The van der Waals surface area contributed by atoms with Crippen LogP contribution < -0.4 is 14.4 Å². The van der Waals surface area contributed by atoms with E-state index in [9.17, 15) is 18.0 Å². The highest BCUT2D eigenvalue weighted by Crippen LogP contribution is 2.21. The molecule has 0 saturated heterocycles. The van der Waals surface area contributed by atoms with Crippen molar-refractivity contribution in [2.24, 2.45) is 0 Å². The van der Waals surface area contributed by atoms with Crippen LogP contribution in [0.1, 0.15) is 50.7 Å². The zero-order valence-corrected chi connectivity index (χ0v) is 22.8.